The summed E-state index contributed by atoms with van der Waals surface area (Å²) in [5.74, 6) is 1.07. The first kappa shape index (κ1) is 12.9. The number of hydrogen-bond donors (Lipinski definition) is 1. The van der Waals surface area contributed by atoms with Crippen LogP contribution in [0.15, 0.2) is 27.6 Å². The average molecular weight is 315 g/mol. The van der Waals surface area contributed by atoms with Crippen molar-refractivity contribution in [1.29, 1.82) is 0 Å². The third-order valence-corrected chi connectivity index (χ3v) is 4.48. The van der Waals surface area contributed by atoms with Gasteiger partial charge in [-0.15, -0.1) is 11.8 Å². The van der Waals surface area contributed by atoms with E-state index in [-0.39, 0.29) is 11.9 Å². The van der Waals surface area contributed by atoms with Crippen molar-refractivity contribution in [3.05, 3.63) is 22.7 Å². The van der Waals surface area contributed by atoms with Crippen LogP contribution < -0.4 is 10.2 Å². The fraction of sp³-hybridized carbons (Fsp3) is 0.417. The molecule has 5 heteroatoms. The van der Waals surface area contributed by atoms with E-state index >= 15 is 0 Å². The maximum atomic E-state index is 12.1. The number of hydrogen-bond acceptors (Lipinski definition) is 3. The van der Waals surface area contributed by atoms with Crippen LogP contribution in [-0.2, 0) is 4.79 Å². The Morgan fingerprint density at radius 1 is 1.65 bits per heavy atom. The predicted molar refractivity (Wildman–Crippen MR) is 75.7 cm³/mol. The van der Waals surface area contributed by atoms with Gasteiger partial charge in [-0.1, -0.05) is 15.9 Å². The maximum Gasteiger partial charge on any atom is 0.241 e. The second kappa shape index (κ2) is 5.42. The predicted octanol–water partition coefficient (Wildman–Crippen LogP) is 2.50. The van der Waals surface area contributed by atoms with Gasteiger partial charge in [-0.3, -0.25) is 4.79 Å². The van der Waals surface area contributed by atoms with E-state index in [4.69, 9.17) is 0 Å². The van der Waals surface area contributed by atoms with Crippen molar-refractivity contribution >= 4 is 39.3 Å². The molecule has 0 bridgehead atoms. The minimum atomic E-state index is 0.129. The van der Waals surface area contributed by atoms with Crippen LogP contribution in [0.4, 0.5) is 5.69 Å². The molecule has 1 atom stereocenters. The van der Waals surface area contributed by atoms with E-state index in [9.17, 15) is 4.79 Å². The first-order chi connectivity index (χ1) is 8.13. The van der Waals surface area contributed by atoms with Gasteiger partial charge in [-0.05, 0) is 32.2 Å². The molecule has 0 saturated heterocycles. The number of rotatable bonds is 2. The largest absolute Gasteiger partial charge is 0.311 e. The zero-order chi connectivity index (χ0) is 12.4. The molecule has 92 valence electrons. The standard InChI is InChI=1S/C12H15BrN2OS/c1-8-7-17-11-5-9(13)3-4-10(11)15(8)12(16)6-14-2/h3-5,8,14H,6-7H2,1-2H3. The average Bonchev–Trinajstić information content (AvgIpc) is 2.29. The van der Waals surface area contributed by atoms with Crippen LogP contribution in [-0.4, -0.2) is 31.3 Å². The number of anilines is 1. The van der Waals surface area contributed by atoms with Crippen molar-refractivity contribution in [3.8, 4) is 0 Å². The topological polar surface area (TPSA) is 32.3 Å². The van der Waals surface area contributed by atoms with Crippen LogP contribution in [0.5, 0.6) is 0 Å². The monoisotopic (exact) mass is 314 g/mol. The zero-order valence-corrected chi connectivity index (χ0v) is 12.3. The summed E-state index contributed by atoms with van der Waals surface area (Å²) in [7, 11) is 1.80. The number of carbonyl (C=O) groups is 1. The number of halogens is 1. The van der Waals surface area contributed by atoms with Gasteiger partial charge in [-0.2, -0.15) is 0 Å². The Labute approximate surface area is 114 Å². The summed E-state index contributed by atoms with van der Waals surface area (Å²) in [4.78, 5) is 15.2. The van der Waals surface area contributed by atoms with E-state index in [1.54, 1.807) is 18.8 Å². The molecule has 1 heterocycles. The smallest absolute Gasteiger partial charge is 0.241 e. The van der Waals surface area contributed by atoms with E-state index < -0.39 is 0 Å². The van der Waals surface area contributed by atoms with Gasteiger partial charge < -0.3 is 10.2 Å². The van der Waals surface area contributed by atoms with Crippen molar-refractivity contribution in [3.63, 3.8) is 0 Å². The van der Waals surface area contributed by atoms with Gasteiger partial charge in [0.15, 0.2) is 0 Å². The van der Waals surface area contributed by atoms with Crippen LogP contribution >= 0.6 is 27.7 Å². The van der Waals surface area contributed by atoms with Gasteiger partial charge >= 0.3 is 0 Å². The number of carbonyl (C=O) groups excluding carboxylic acids is 1. The number of benzene rings is 1. The van der Waals surface area contributed by atoms with Gasteiger partial charge in [0.2, 0.25) is 5.91 Å². The Balaban J connectivity index is 2.36. The molecule has 1 amide bonds. The van der Waals surface area contributed by atoms with Crippen molar-refractivity contribution in [2.45, 2.75) is 17.9 Å². The highest BCUT2D eigenvalue weighted by Gasteiger charge is 2.28. The molecule has 0 spiro atoms. The van der Waals surface area contributed by atoms with E-state index in [1.165, 1.54) is 4.90 Å². The lowest BCUT2D eigenvalue weighted by Crippen LogP contribution is -2.46. The second-order valence-electron chi connectivity index (χ2n) is 4.07. The summed E-state index contributed by atoms with van der Waals surface area (Å²) in [6.45, 7) is 2.47. The van der Waals surface area contributed by atoms with Gasteiger partial charge in [0, 0.05) is 21.2 Å². The van der Waals surface area contributed by atoms with Crippen molar-refractivity contribution in [2.75, 3.05) is 24.2 Å². The molecule has 3 nitrogen and oxygen atoms in total. The highest BCUT2D eigenvalue weighted by atomic mass is 79.9. The Morgan fingerprint density at radius 3 is 3.12 bits per heavy atom. The first-order valence-electron chi connectivity index (χ1n) is 5.52. The van der Waals surface area contributed by atoms with Gasteiger partial charge in [-0.25, -0.2) is 0 Å². The highest BCUT2D eigenvalue weighted by Crippen LogP contribution is 2.38. The molecule has 0 saturated carbocycles. The fourth-order valence-electron chi connectivity index (χ4n) is 1.94. The number of nitrogens with zero attached hydrogens (tertiary/aromatic N) is 1. The van der Waals surface area contributed by atoms with Crippen molar-refractivity contribution in [2.24, 2.45) is 0 Å². The number of likely N-dealkylation sites (N-methyl/N-ethyl adjacent to an activating group) is 1. The van der Waals surface area contributed by atoms with E-state index in [0.29, 0.717) is 6.54 Å². The third kappa shape index (κ3) is 2.67. The molecule has 1 aliphatic heterocycles. The van der Waals surface area contributed by atoms with Crippen LogP contribution in [0.3, 0.4) is 0 Å². The Morgan fingerprint density at radius 2 is 2.41 bits per heavy atom. The Kier molecular flexibility index (Phi) is 4.12. The summed E-state index contributed by atoms with van der Waals surface area (Å²) in [6, 6.07) is 6.31. The third-order valence-electron chi connectivity index (χ3n) is 2.70. The van der Waals surface area contributed by atoms with Gasteiger partial charge in [0.25, 0.3) is 0 Å². The minimum Gasteiger partial charge on any atom is -0.311 e. The molecule has 0 fully saturated rings. The molecular formula is C12H15BrN2OS. The SMILES string of the molecule is CNCC(=O)N1c2ccc(Br)cc2SCC1C. The molecule has 1 unspecified atom stereocenters. The van der Waals surface area contributed by atoms with E-state index in [2.05, 4.69) is 34.2 Å². The molecule has 0 radical (unpaired) electrons. The molecule has 1 aromatic rings. The van der Waals surface area contributed by atoms with Gasteiger partial charge in [0.1, 0.15) is 0 Å². The summed E-state index contributed by atoms with van der Waals surface area (Å²) in [5, 5.41) is 2.92. The number of nitrogens with one attached hydrogen (secondary N) is 1. The fourth-order valence-corrected chi connectivity index (χ4v) is 3.55. The van der Waals surface area contributed by atoms with E-state index in [0.717, 1.165) is 15.9 Å². The van der Waals surface area contributed by atoms with E-state index in [1.807, 2.05) is 17.0 Å². The Bertz CT molecular complexity index is 439. The zero-order valence-electron chi connectivity index (χ0n) is 9.87. The van der Waals surface area contributed by atoms with Crippen LogP contribution in [0.1, 0.15) is 6.92 Å². The van der Waals surface area contributed by atoms with Crippen LogP contribution in [0.25, 0.3) is 0 Å². The second-order valence-corrected chi connectivity index (χ2v) is 6.04. The molecule has 0 aromatic heterocycles. The summed E-state index contributed by atoms with van der Waals surface area (Å²) in [5.41, 5.74) is 1.03. The number of fused-ring (bicyclic) bond motifs is 1. The maximum absolute atomic E-state index is 12.1. The lowest BCUT2D eigenvalue weighted by Gasteiger charge is -2.35. The molecule has 2 rings (SSSR count). The normalized spacial score (nSPS) is 19.0. The van der Waals surface area contributed by atoms with Gasteiger partial charge in [0.05, 0.1) is 12.2 Å². The van der Waals surface area contributed by atoms with Crippen molar-refractivity contribution in [1.82, 2.24) is 5.32 Å². The molecule has 1 N–H and O–H groups in total. The lowest BCUT2D eigenvalue weighted by atomic mass is 10.2. The summed E-state index contributed by atoms with van der Waals surface area (Å²) in [6.07, 6.45) is 0. The minimum absolute atomic E-state index is 0.129. The van der Waals surface area contributed by atoms with Crippen molar-refractivity contribution < 1.29 is 4.79 Å². The number of thioether (sulfide) groups is 1. The molecule has 1 aliphatic rings. The molecular weight excluding hydrogens is 300 g/mol. The van der Waals surface area contributed by atoms with Crippen LogP contribution in [0.2, 0.25) is 0 Å². The first-order valence-corrected chi connectivity index (χ1v) is 7.30. The lowest BCUT2D eigenvalue weighted by molar-refractivity contribution is -0.118. The number of amides is 1. The summed E-state index contributed by atoms with van der Waals surface area (Å²) >= 11 is 5.27. The summed E-state index contributed by atoms with van der Waals surface area (Å²) < 4.78 is 1.05. The Hall–Kier alpha value is -0.520. The quantitative estimate of drug-likeness (QED) is 0.910. The molecule has 17 heavy (non-hydrogen) atoms. The van der Waals surface area contributed by atoms with Crippen LogP contribution in [0, 0.1) is 0 Å². The molecule has 0 aliphatic carbocycles. The molecule has 1 aromatic carbocycles. The highest BCUT2D eigenvalue weighted by molar-refractivity contribution is 9.10.